The van der Waals surface area contributed by atoms with Crippen molar-refractivity contribution in [3.63, 3.8) is 0 Å². The molecule has 2 saturated carbocycles. The molecule has 0 aromatic heterocycles. The number of ether oxygens (including phenoxy) is 4. The van der Waals surface area contributed by atoms with Crippen molar-refractivity contribution in [1.29, 1.82) is 0 Å². The van der Waals surface area contributed by atoms with E-state index in [2.05, 4.69) is 0 Å². The average molecular weight is 549 g/mol. The highest BCUT2D eigenvalue weighted by Crippen LogP contribution is 2.25. The number of hydrogen-bond acceptors (Lipinski definition) is 8. The van der Waals surface area contributed by atoms with Crippen molar-refractivity contribution in [1.82, 2.24) is 0 Å². The Bertz CT molecular complexity index is 826. The van der Waals surface area contributed by atoms with Crippen molar-refractivity contribution in [2.45, 2.75) is 109 Å². The predicted molar refractivity (Wildman–Crippen MR) is 148 cm³/mol. The topological polar surface area (TPSA) is 112 Å². The van der Waals surface area contributed by atoms with E-state index in [4.69, 9.17) is 18.9 Å². The van der Waals surface area contributed by atoms with Crippen LogP contribution in [0.5, 0.6) is 11.5 Å². The molecule has 0 saturated heterocycles. The van der Waals surface area contributed by atoms with Gasteiger partial charge < -0.3 is 29.2 Å². The van der Waals surface area contributed by atoms with Gasteiger partial charge in [-0.3, -0.25) is 9.59 Å². The summed E-state index contributed by atoms with van der Waals surface area (Å²) < 4.78 is 22.1. The maximum Gasteiger partial charge on any atom is 0.309 e. The molecule has 2 atom stereocenters. The zero-order chi connectivity index (χ0) is 27.7. The third kappa shape index (κ3) is 12.6. The summed E-state index contributed by atoms with van der Waals surface area (Å²) in [6, 6.07) is 6.87. The van der Waals surface area contributed by atoms with Gasteiger partial charge in [0.25, 0.3) is 0 Å². The van der Waals surface area contributed by atoms with E-state index >= 15 is 0 Å². The number of benzene rings is 1. The van der Waals surface area contributed by atoms with Crippen LogP contribution in [0, 0.1) is 11.8 Å². The van der Waals surface area contributed by atoms with Gasteiger partial charge in [-0.15, -0.1) is 0 Å². The highest BCUT2D eigenvalue weighted by molar-refractivity contribution is 5.72. The lowest BCUT2D eigenvalue weighted by Gasteiger charge is -2.19. The summed E-state index contributed by atoms with van der Waals surface area (Å²) in [5.41, 5.74) is 0. The van der Waals surface area contributed by atoms with Crippen molar-refractivity contribution < 1.29 is 38.7 Å². The van der Waals surface area contributed by atoms with E-state index < -0.39 is 12.2 Å². The summed E-state index contributed by atoms with van der Waals surface area (Å²) in [4.78, 5) is 24.9. The summed E-state index contributed by atoms with van der Waals surface area (Å²) in [7, 11) is 0. The molecule has 1 aromatic carbocycles. The van der Waals surface area contributed by atoms with Crippen LogP contribution in [-0.4, -0.2) is 60.8 Å². The monoisotopic (exact) mass is 548 g/mol. The van der Waals surface area contributed by atoms with Gasteiger partial charge in [0.2, 0.25) is 0 Å². The quantitative estimate of drug-likeness (QED) is 0.336. The van der Waals surface area contributed by atoms with E-state index in [-0.39, 0.29) is 50.2 Å². The highest BCUT2D eigenvalue weighted by Gasteiger charge is 2.23. The fourth-order valence-electron chi connectivity index (χ4n) is 5.29. The van der Waals surface area contributed by atoms with Crippen molar-refractivity contribution in [3.8, 4) is 11.5 Å². The zero-order valence-electron chi connectivity index (χ0n) is 23.4. The van der Waals surface area contributed by atoms with Crippen LogP contribution in [0.1, 0.15) is 96.3 Å². The zero-order valence-corrected chi connectivity index (χ0v) is 23.4. The van der Waals surface area contributed by atoms with Gasteiger partial charge in [-0.1, -0.05) is 76.7 Å². The number of carbonyl (C=O) groups is 2. The standard InChI is InChI=1S/C31H48O8/c32-26(22-38-30(34)24-13-8-4-1-2-5-9-14-24)20-36-28-17-12-18-29(19-28)37-21-27(33)23-39-31(35)25-15-10-6-3-7-11-16-25/h12,17-19,24-27,32-33H,1-11,13-16,20-23H2. The van der Waals surface area contributed by atoms with Gasteiger partial charge in [-0.2, -0.15) is 0 Å². The predicted octanol–water partition coefficient (Wildman–Crippen LogP) is 5.36. The van der Waals surface area contributed by atoms with Crippen LogP contribution in [0.15, 0.2) is 24.3 Å². The molecule has 0 heterocycles. The highest BCUT2D eigenvalue weighted by atomic mass is 16.6. The number of carbonyl (C=O) groups excluding carboxylic acids is 2. The van der Waals surface area contributed by atoms with Crippen LogP contribution in [0.2, 0.25) is 0 Å². The van der Waals surface area contributed by atoms with Crippen molar-refractivity contribution in [2.24, 2.45) is 11.8 Å². The lowest BCUT2D eigenvalue weighted by molar-refractivity contribution is -0.153. The summed E-state index contributed by atoms with van der Waals surface area (Å²) in [5.74, 6) is 0.372. The first kappa shape index (κ1) is 31.2. The van der Waals surface area contributed by atoms with E-state index in [1.54, 1.807) is 24.3 Å². The minimum atomic E-state index is -0.941. The Morgan fingerprint density at radius 1 is 0.615 bits per heavy atom. The number of aliphatic hydroxyl groups is 2. The molecule has 0 bridgehead atoms. The molecule has 3 rings (SSSR count). The maximum absolute atomic E-state index is 12.5. The molecule has 2 fully saturated rings. The second kappa shape index (κ2) is 18.1. The molecule has 0 radical (unpaired) electrons. The van der Waals surface area contributed by atoms with Crippen LogP contribution in [0.4, 0.5) is 0 Å². The smallest absolute Gasteiger partial charge is 0.309 e. The van der Waals surface area contributed by atoms with E-state index in [9.17, 15) is 19.8 Å². The van der Waals surface area contributed by atoms with Gasteiger partial charge >= 0.3 is 11.9 Å². The van der Waals surface area contributed by atoms with Crippen LogP contribution < -0.4 is 9.47 Å². The molecule has 0 aliphatic heterocycles. The first-order valence-corrected chi connectivity index (χ1v) is 15.1. The maximum atomic E-state index is 12.5. The van der Waals surface area contributed by atoms with Crippen LogP contribution in [0.25, 0.3) is 0 Å². The Hall–Kier alpha value is -2.32. The van der Waals surface area contributed by atoms with Crippen LogP contribution >= 0.6 is 0 Å². The minimum absolute atomic E-state index is 0.0266. The molecular weight excluding hydrogens is 500 g/mol. The van der Waals surface area contributed by atoms with Crippen molar-refractivity contribution in [3.05, 3.63) is 24.3 Å². The van der Waals surface area contributed by atoms with Crippen molar-refractivity contribution in [2.75, 3.05) is 26.4 Å². The molecule has 2 aliphatic carbocycles. The van der Waals surface area contributed by atoms with E-state index in [1.807, 2.05) is 0 Å². The summed E-state index contributed by atoms with van der Waals surface area (Å²) in [5, 5.41) is 20.5. The SMILES string of the molecule is O=C(OCC(O)COc1cccc(OCC(O)COC(=O)C2CCCCCCC2)c1)C1CCCCCCCC1. The van der Waals surface area contributed by atoms with Gasteiger partial charge in [-0.25, -0.2) is 0 Å². The normalized spacial score (nSPS) is 19.7. The molecule has 1 aromatic rings. The molecule has 2 unspecified atom stereocenters. The number of rotatable bonds is 12. The Kier molecular flexibility index (Phi) is 14.5. The Morgan fingerprint density at radius 3 is 1.36 bits per heavy atom. The molecule has 39 heavy (non-hydrogen) atoms. The third-order valence-corrected chi connectivity index (χ3v) is 7.65. The second-order valence-corrected chi connectivity index (χ2v) is 11.1. The lowest BCUT2D eigenvalue weighted by Crippen LogP contribution is -2.28. The van der Waals surface area contributed by atoms with Gasteiger partial charge in [0.05, 0.1) is 11.8 Å². The first-order chi connectivity index (χ1) is 19.0. The van der Waals surface area contributed by atoms with E-state index in [0.717, 1.165) is 77.0 Å². The molecule has 2 N–H and O–H groups in total. The molecule has 2 aliphatic rings. The van der Waals surface area contributed by atoms with Crippen LogP contribution in [0.3, 0.4) is 0 Å². The van der Waals surface area contributed by atoms with E-state index in [1.165, 1.54) is 19.3 Å². The molecule has 8 nitrogen and oxygen atoms in total. The summed E-state index contributed by atoms with van der Waals surface area (Å²) in [6.45, 7) is -0.253. The molecule has 0 amide bonds. The molecular formula is C31H48O8. The van der Waals surface area contributed by atoms with Gasteiger partial charge in [0.15, 0.2) is 0 Å². The largest absolute Gasteiger partial charge is 0.491 e. The van der Waals surface area contributed by atoms with Crippen LogP contribution in [-0.2, 0) is 19.1 Å². The number of aliphatic hydroxyl groups excluding tert-OH is 2. The minimum Gasteiger partial charge on any atom is -0.491 e. The number of hydrogen-bond donors (Lipinski definition) is 2. The van der Waals surface area contributed by atoms with E-state index in [0.29, 0.717) is 11.5 Å². The molecule has 220 valence electrons. The Balaban J connectivity index is 1.32. The third-order valence-electron chi connectivity index (χ3n) is 7.65. The summed E-state index contributed by atoms with van der Waals surface area (Å²) >= 11 is 0. The first-order valence-electron chi connectivity index (χ1n) is 15.1. The fraction of sp³-hybridized carbons (Fsp3) is 0.742. The average Bonchev–Trinajstić information content (AvgIpc) is 3.07. The lowest BCUT2D eigenvalue weighted by atomic mass is 9.91. The second-order valence-electron chi connectivity index (χ2n) is 11.1. The Labute approximate surface area is 233 Å². The van der Waals surface area contributed by atoms with Gasteiger partial charge in [-0.05, 0) is 37.8 Å². The number of esters is 2. The molecule has 0 spiro atoms. The van der Waals surface area contributed by atoms with Gasteiger partial charge in [0, 0.05) is 6.07 Å². The van der Waals surface area contributed by atoms with Gasteiger partial charge in [0.1, 0.15) is 50.1 Å². The van der Waals surface area contributed by atoms with Crippen molar-refractivity contribution >= 4 is 11.9 Å². The fourth-order valence-corrected chi connectivity index (χ4v) is 5.29. The summed E-state index contributed by atoms with van der Waals surface area (Å²) in [6.07, 6.45) is 14.1. The molecule has 8 heteroatoms. The Morgan fingerprint density at radius 2 is 0.974 bits per heavy atom.